The van der Waals surface area contributed by atoms with E-state index in [1.165, 1.54) is 13.3 Å². The number of aliphatic hydroxyl groups excluding tert-OH is 1. The van der Waals surface area contributed by atoms with E-state index >= 15 is 0 Å². The van der Waals surface area contributed by atoms with Crippen molar-refractivity contribution in [3.63, 3.8) is 0 Å². The van der Waals surface area contributed by atoms with Gasteiger partial charge < -0.3 is 9.66 Å². The molecule has 0 aromatic carbocycles. The second kappa shape index (κ2) is 14.5. The van der Waals surface area contributed by atoms with Crippen molar-refractivity contribution in [3.8, 4) is 0 Å². The van der Waals surface area contributed by atoms with E-state index in [0.717, 1.165) is 57.8 Å². The number of hydrogen-bond acceptors (Lipinski definition) is 4. The minimum Gasteiger partial charge on any atom is -0.748 e. The molecule has 4 nitrogen and oxygen atoms in total. The van der Waals surface area contributed by atoms with E-state index in [2.05, 4.69) is 6.92 Å². The van der Waals surface area contributed by atoms with Gasteiger partial charge in [-0.25, -0.2) is 8.42 Å². The fraction of sp³-hybridized carbons (Fsp3) is 1.00. The fourth-order valence-corrected chi connectivity index (χ4v) is 2.77. The molecule has 0 heterocycles. The molecule has 21 heavy (non-hydrogen) atoms. The van der Waals surface area contributed by atoms with Gasteiger partial charge in [0.05, 0.1) is 16.2 Å². The van der Waals surface area contributed by atoms with E-state index in [1.54, 1.807) is 0 Å². The molecule has 0 fully saturated rings. The van der Waals surface area contributed by atoms with Crippen molar-refractivity contribution in [1.29, 1.82) is 0 Å². The molecule has 0 aliphatic carbocycles. The topological polar surface area (TPSA) is 77.4 Å². The summed E-state index contributed by atoms with van der Waals surface area (Å²) in [6.07, 6.45) is 10.7. The Morgan fingerprint density at radius 2 is 1.33 bits per heavy atom. The minimum atomic E-state index is -4.09. The van der Waals surface area contributed by atoms with Gasteiger partial charge in [-0.15, -0.1) is 0 Å². The Morgan fingerprint density at radius 1 is 0.905 bits per heavy atom. The molecule has 0 saturated heterocycles. The van der Waals surface area contributed by atoms with Gasteiger partial charge in [-0.2, -0.15) is 0 Å². The van der Waals surface area contributed by atoms with Crippen LogP contribution in [0.15, 0.2) is 0 Å². The Morgan fingerprint density at radius 3 is 1.76 bits per heavy atom. The van der Waals surface area contributed by atoms with Crippen molar-refractivity contribution in [1.82, 2.24) is 0 Å². The van der Waals surface area contributed by atoms with Crippen molar-refractivity contribution in [3.05, 3.63) is 0 Å². The summed E-state index contributed by atoms with van der Waals surface area (Å²) in [6.45, 7) is 3.58. The van der Waals surface area contributed by atoms with E-state index in [9.17, 15) is 18.1 Å². The van der Waals surface area contributed by atoms with Gasteiger partial charge in [0.15, 0.2) is 0 Å². The van der Waals surface area contributed by atoms with Crippen LogP contribution in [0.4, 0.5) is 0 Å². The summed E-state index contributed by atoms with van der Waals surface area (Å²) < 4.78 is 32.1. The van der Waals surface area contributed by atoms with Gasteiger partial charge in [0, 0.05) is 5.25 Å². The first-order valence-electron chi connectivity index (χ1n) is 8.00. The minimum absolute atomic E-state index is 0. The van der Waals surface area contributed by atoms with Crippen LogP contribution in [0.2, 0.25) is 0 Å². The first kappa shape index (κ1) is 24.1. The molecule has 0 aliphatic rings. The standard InChI is InChI=1S/C15H32O4S.Na/c1-3-11-15(16)13-10-8-6-4-5-7-9-12-14(2)20(17,18)19;/h14-16H,3-13H2,1-2H3,(H,17,18,19);/q;+1/p-1. The maximum Gasteiger partial charge on any atom is 1.00 e. The summed E-state index contributed by atoms with van der Waals surface area (Å²) in [7, 11) is -4.09. The summed E-state index contributed by atoms with van der Waals surface area (Å²) >= 11 is 0. The second-order valence-corrected chi connectivity index (χ2v) is 7.59. The molecule has 0 aromatic rings. The Labute approximate surface area is 153 Å². The average molecular weight is 330 g/mol. The van der Waals surface area contributed by atoms with Gasteiger partial charge in [-0.3, -0.25) is 0 Å². The zero-order valence-electron chi connectivity index (χ0n) is 14.0. The second-order valence-electron chi connectivity index (χ2n) is 5.80. The molecular formula is C15H31NaO4S. The molecule has 0 saturated carbocycles. The Bertz CT molecular complexity index is 320. The van der Waals surface area contributed by atoms with Gasteiger partial charge in [0.1, 0.15) is 0 Å². The van der Waals surface area contributed by atoms with Crippen LogP contribution < -0.4 is 29.6 Å². The first-order chi connectivity index (χ1) is 9.38. The third kappa shape index (κ3) is 15.5. The molecule has 0 radical (unpaired) electrons. The summed E-state index contributed by atoms with van der Waals surface area (Å²) in [4.78, 5) is 0. The van der Waals surface area contributed by atoms with E-state index < -0.39 is 15.4 Å². The average Bonchev–Trinajstić information content (AvgIpc) is 2.35. The SMILES string of the molecule is CCCC(O)CCCCCCCCCC(C)S(=O)(=O)[O-].[Na+]. The van der Waals surface area contributed by atoms with Crippen LogP contribution in [0, 0.1) is 0 Å². The Kier molecular flexibility index (Phi) is 16.6. The predicted molar refractivity (Wildman–Crippen MR) is 81.6 cm³/mol. The number of rotatable bonds is 13. The predicted octanol–water partition coefficient (Wildman–Crippen LogP) is 0.596. The van der Waals surface area contributed by atoms with Crippen LogP contribution >= 0.6 is 0 Å². The third-order valence-corrected chi connectivity index (χ3v) is 4.98. The van der Waals surface area contributed by atoms with Crippen molar-refractivity contribution in [2.75, 3.05) is 0 Å². The third-order valence-electron chi connectivity index (χ3n) is 3.76. The van der Waals surface area contributed by atoms with Crippen LogP contribution in [0.1, 0.15) is 84.5 Å². The zero-order valence-corrected chi connectivity index (χ0v) is 16.8. The molecule has 0 spiro atoms. The van der Waals surface area contributed by atoms with Crippen molar-refractivity contribution in [2.24, 2.45) is 0 Å². The van der Waals surface area contributed by atoms with Gasteiger partial charge in [0.2, 0.25) is 0 Å². The van der Waals surface area contributed by atoms with Crippen molar-refractivity contribution >= 4 is 10.1 Å². The van der Waals surface area contributed by atoms with Crippen LogP contribution in [0.5, 0.6) is 0 Å². The Balaban J connectivity index is 0. The molecule has 0 amide bonds. The van der Waals surface area contributed by atoms with Gasteiger partial charge in [-0.05, 0) is 26.2 Å². The fourth-order valence-electron chi connectivity index (χ4n) is 2.32. The van der Waals surface area contributed by atoms with E-state index in [0.29, 0.717) is 6.42 Å². The van der Waals surface area contributed by atoms with Gasteiger partial charge in [-0.1, -0.05) is 58.3 Å². The number of hydrogen-bond donors (Lipinski definition) is 1. The largest absolute Gasteiger partial charge is 1.00 e. The molecule has 0 rings (SSSR count). The normalized spacial score (nSPS) is 14.5. The van der Waals surface area contributed by atoms with Crippen LogP contribution in [0.25, 0.3) is 0 Å². The molecule has 2 atom stereocenters. The smallest absolute Gasteiger partial charge is 0.748 e. The van der Waals surface area contributed by atoms with Gasteiger partial charge in [0.25, 0.3) is 0 Å². The van der Waals surface area contributed by atoms with E-state index in [1.807, 2.05) is 0 Å². The van der Waals surface area contributed by atoms with Crippen molar-refractivity contribution in [2.45, 2.75) is 95.8 Å². The van der Waals surface area contributed by atoms with E-state index in [4.69, 9.17) is 0 Å². The summed E-state index contributed by atoms with van der Waals surface area (Å²) in [5, 5.41) is 8.82. The van der Waals surface area contributed by atoms with Crippen LogP contribution in [-0.2, 0) is 10.1 Å². The molecule has 0 aromatic heterocycles. The maximum atomic E-state index is 10.7. The molecular weight excluding hydrogens is 299 g/mol. The molecule has 1 N–H and O–H groups in total. The maximum absolute atomic E-state index is 10.7. The summed E-state index contributed by atoms with van der Waals surface area (Å²) in [5.41, 5.74) is 0. The number of unbranched alkanes of at least 4 members (excludes halogenated alkanes) is 6. The summed E-state index contributed by atoms with van der Waals surface area (Å²) in [5.74, 6) is 0. The molecule has 0 aliphatic heterocycles. The summed E-state index contributed by atoms with van der Waals surface area (Å²) in [6, 6.07) is 0. The van der Waals surface area contributed by atoms with Crippen molar-refractivity contribution < 1.29 is 47.6 Å². The quantitative estimate of drug-likeness (QED) is 0.305. The molecule has 6 heteroatoms. The zero-order chi connectivity index (χ0) is 15.4. The molecule has 122 valence electrons. The molecule has 0 bridgehead atoms. The van der Waals surface area contributed by atoms with Gasteiger partial charge >= 0.3 is 29.6 Å². The Hall–Kier alpha value is 0.870. The van der Waals surface area contributed by atoms with E-state index in [-0.39, 0.29) is 35.7 Å². The molecule has 2 unspecified atom stereocenters. The van der Waals surface area contributed by atoms with Crippen LogP contribution in [0.3, 0.4) is 0 Å². The number of aliphatic hydroxyl groups is 1. The monoisotopic (exact) mass is 330 g/mol. The van der Waals surface area contributed by atoms with Crippen LogP contribution in [-0.4, -0.2) is 29.4 Å². The first-order valence-corrected chi connectivity index (χ1v) is 9.47.